The van der Waals surface area contributed by atoms with E-state index in [0.717, 1.165) is 37.1 Å². The number of hydrogen-bond donors (Lipinski definition) is 1. The first-order chi connectivity index (χ1) is 16.0. The Labute approximate surface area is 190 Å². The van der Waals surface area contributed by atoms with Gasteiger partial charge in [0.25, 0.3) is 11.6 Å². The molecule has 0 atom stereocenters. The molecule has 0 unspecified atom stereocenters. The minimum absolute atomic E-state index is 0.0867. The van der Waals surface area contributed by atoms with Crippen molar-refractivity contribution in [1.29, 1.82) is 0 Å². The molecular formula is C25H23N3O5. The van der Waals surface area contributed by atoms with E-state index in [1.165, 1.54) is 12.1 Å². The van der Waals surface area contributed by atoms with Gasteiger partial charge < -0.3 is 15.0 Å². The van der Waals surface area contributed by atoms with Gasteiger partial charge in [0.2, 0.25) is 0 Å². The van der Waals surface area contributed by atoms with Crippen molar-refractivity contribution < 1.29 is 19.2 Å². The van der Waals surface area contributed by atoms with E-state index in [0.29, 0.717) is 11.4 Å². The maximum absolute atomic E-state index is 12.8. The van der Waals surface area contributed by atoms with Crippen LogP contribution in [0.15, 0.2) is 72.8 Å². The average Bonchev–Trinajstić information content (AvgIpc) is 3.38. The molecule has 0 saturated carbocycles. The SMILES string of the molecule is O=C(COC(=O)c1cc([N+](=O)[O-])ccc1N1CCCC1)Nc1ccccc1-c1ccccc1. The number of nitro benzene ring substituents is 1. The summed E-state index contributed by atoms with van der Waals surface area (Å²) in [6, 6.07) is 21.1. The quantitative estimate of drug-likeness (QED) is 0.322. The number of para-hydroxylation sites is 1. The monoisotopic (exact) mass is 445 g/mol. The Bertz CT molecular complexity index is 1170. The van der Waals surface area contributed by atoms with Gasteiger partial charge in [0.05, 0.1) is 16.2 Å². The van der Waals surface area contributed by atoms with Gasteiger partial charge in [-0.05, 0) is 30.5 Å². The molecule has 8 nitrogen and oxygen atoms in total. The molecule has 0 bridgehead atoms. The zero-order valence-electron chi connectivity index (χ0n) is 17.9. The largest absolute Gasteiger partial charge is 0.452 e. The predicted molar refractivity (Wildman–Crippen MR) is 125 cm³/mol. The normalized spacial score (nSPS) is 12.9. The van der Waals surface area contributed by atoms with Crippen molar-refractivity contribution in [3.63, 3.8) is 0 Å². The third-order valence-electron chi connectivity index (χ3n) is 5.48. The summed E-state index contributed by atoms with van der Waals surface area (Å²) in [5.74, 6) is -1.27. The number of nitro groups is 1. The van der Waals surface area contributed by atoms with Gasteiger partial charge in [-0.2, -0.15) is 0 Å². The van der Waals surface area contributed by atoms with Gasteiger partial charge in [0, 0.05) is 36.5 Å². The van der Waals surface area contributed by atoms with Crippen molar-refractivity contribution in [2.24, 2.45) is 0 Å². The lowest BCUT2D eigenvalue weighted by molar-refractivity contribution is -0.384. The Kier molecular flexibility index (Phi) is 6.64. The van der Waals surface area contributed by atoms with E-state index in [9.17, 15) is 19.7 Å². The summed E-state index contributed by atoms with van der Waals surface area (Å²) >= 11 is 0. The van der Waals surface area contributed by atoms with Crippen molar-refractivity contribution >= 4 is 28.9 Å². The van der Waals surface area contributed by atoms with E-state index in [1.54, 1.807) is 18.2 Å². The Morgan fingerprint density at radius 1 is 0.970 bits per heavy atom. The molecule has 3 aromatic carbocycles. The summed E-state index contributed by atoms with van der Waals surface area (Å²) in [6.07, 6.45) is 1.96. The van der Waals surface area contributed by atoms with Crippen LogP contribution in [0.1, 0.15) is 23.2 Å². The van der Waals surface area contributed by atoms with Crippen LogP contribution in [0.2, 0.25) is 0 Å². The number of esters is 1. The number of rotatable bonds is 7. The number of carbonyl (C=O) groups is 2. The number of non-ortho nitro benzene ring substituents is 1. The Balaban J connectivity index is 1.47. The van der Waals surface area contributed by atoms with E-state index in [1.807, 2.05) is 47.4 Å². The number of anilines is 2. The fourth-order valence-electron chi connectivity index (χ4n) is 3.89. The van der Waals surface area contributed by atoms with E-state index < -0.39 is 23.4 Å². The average molecular weight is 445 g/mol. The van der Waals surface area contributed by atoms with Crippen LogP contribution < -0.4 is 10.2 Å². The zero-order valence-corrected chi connectivity index (χ0v) is 17.9. The second-order valence-electron chi connectivity index (χ2n) is 7.69. The van der Waals surface area contributed by atoms with Crippen molar-refractivity contribution in [3.8, 4) is 11.1 Å². The second-order valence-corrected chi connectivity index (χ2v) is 7.69. The number of ether oxygens (including phenoxy) is 1. The molecule has 168 valence electrons. The molecule has 1 saturated heterocycles. The molecule has 0 aliphatic carbocycles. The molecule has 1 heterocycles. The van der Waals surface area contributed by atoms with E-state index in [2.05, 4.69) is 5.32 Å². The number of benzene rings is 3. The van der Waals surface area contributed by atoms with Gasteiger partial charge in [-0.15, -0.1) is 0 Å². The van der Waals surface area contributed by atoms with E-state index in [-0.39, 0.29) is 11.3 Å². The van der Waals surface area contributed by atoms with Crippen LogP contribution in [0.3, 0.4) is 0 Å². The van der Waals surface area contributed by atoms with Crippen LogP contribution >= 0.6 is 0 Å². The summed E-state index contributed by atoms with van der Waals surface area (Å²) in [7, 11) is 0. The maximum Gasteiger partial charge on any atom is 0.341 e. The molecule has 1 aliphatic heterocycles. The van der Waals surface area contributed by atoms with Gasteiger partial charge in [0.15, 0.2) is 6.61 Å². The Morgan fingerprint density at radius 2 is 1.67 bits per heavy atom. The highest BCUT2D eigenvalue weighted by Crippen LogP contribution is 2.30. The fraction of sp³-hybridized carbons (Fsp3) is 0.200. The molecule has 8 heteroatoms. The highest BCUT2D eigenvalue weighted by Gasteiger charge is 2.24. The fourth-order valence-corrected chi connectivity index (χ4v) is 3.89. The van der Waals surface area contributed by atoms with Crippen LogP contribution in [-0.4, -0.2) is 36.5 Å². The minimum Gasteiger partial charge on any atom is -0.452 e. The first-order valence-electron chi connectivity index (χ1n) is 10.7. The number of amides is 1. The van der Waals surface area contributed by atoms with E-state index in [4.69, 9.17) is 4.74 Å². The molecule has 0 aromatic heterocycles. The molecule has 4 rings (SSSR count). The van der Waals surface area contributed by atoms with Crippen molar-refractivity contribution in [2.45, 2.75) is 12.8 Å². The lowest BCUT2D eigenvalue weighted by Gasteiger charge is -2.20. The van der Waals surface area contributed by atoms with Crippen LogP contribution in [0.5, 0.6) is 0 Å². The topological polar surface area (TPSA) is 102 Å². The molecular weight excluding hydrogens is 422 g/mol. The summed E-state index contributed by atoms with van der Waals surface area (Å²) < 4.78 is 5.24. The van der Waals surface area contributed by atoms with Crippen molar-refractivity contribution in [2.75, 3.05) is 29.9 Å². The Hall–Kier alpha value is -4.20. The first-order valence-corrected chi connectivity index (χ1v) is 10.7. The summed E-state index contributed by atoms with van der Waals surface area (Å²) in [4.78, 5) is 38.0. The Morgan fingerprint density at radius 3 is 2.39 bits per heavy atom. The lowest BCUT2D eigenvalue weighted by Crippen LogP contribution is -2.24. The highest BCUT2D eigenvalue weighted by molar-refractivity contribution is 6.00. The predicted octanol–water partition coefficient (Wildman–Crippen LogP) is 4.66. The van der Waals surface area contributed by atoms with Gasteiger partial charge in [0.1, 0.15) is 0 Å². The molecule has 1 N–H and O–H groups in total. The molecule has 3 aromatic rings. The maximum atomic E-state index is 12.8. The highest BCUT2D eigenvalue weighted by atomic mass is 16.6. The first kappa shape index (κ1) is 22.0. The lowest BCUT2D eigenvalue weighted by atomic mass is 10.0. The van der Waals surface area contributed by atoms with Crippen molar-refractivity contribution in [3.05, 3.63) is 88.5 Å². The summed E-state index contributed by atoms with van der Waals surface area (Å²) in [5, 5.41) is 14.0. The van der Waals surface area contributed by atoms with Crippen LogP contribution in [0, 0.1) is 10.1 Å². The molecule has 1 aliphatic rings. The van der Waals surface area contributed by atoms with Crippen LogP contribution in [-0.2, 0) is 9.53 Å². The van der Waals surface area contributed by atoms with Crippen LogP contribution in [0.4, 0.5) is 17.1 Å². The molecule has 33 heavy (non-hydrogen) atoms. The molecule has 1 fully saturated rings. The summed E-state index contributed by atoms with van der Waals surface area (Å²) in [5.41, 5.74) is 2.84. The number of nitrogens with one attached hydrogen (secondary N) is 1. The van der Waals surface area contributed by atoms with Crippen LogP contribution in [0.25, 0.3) is 11.1 Å². The molecule has 0 radical (unpaired) electrons. The number of hydrogen-bond acceptors (Lipinski definition) is 6. The zero-order chi connectivity index (χ0) is 23.2. The molecule has 0 spiro atoms. The standard InChI is InChI=1S/C25H23N3O5/c29-24(26-22-11-5-4-10-20(22)18-8-2-1-3-9-18)17-33-25(30)21-16-19(28(31)32)12-13-23(21)27-14-6-7-15-27/h1-5,8-13,16H,6-7,14-15,17H2,(H,26,29). The van der Waals surface area contributed by atoms with Gasteiger partial charge in [-0.25, -0.2) is 4.79 Å². The third kappa shape index (κ3) is 5.17. The molecule has 1 amide bonds. The van der Waals surface area contributed by atoms with Crippen molar-refractivity contribution in [1.82, 2.24) is 0 Å². The third-order valence-corrected chi connectivity index (χ3v) is 5.48. The number of nitrogens with zero attached hydrogens (tertiary/aromatic N) is 2. The van der Waals surface area contributed by atoms with E-state index >= 15 is 0 Å². The van der Waals surface area contributed by atoms with Gasteiger partial charge in [-0.1, -0.05) is 48.5 Å². The van der Waals surface area contributed by atoms with Gasteiger partial charge >= 0.3 is 5.97 Å². The van der Waals surface area contributed by atoms with Gasteiger partial charge in [-0.3, -0.25) is 14.9 Å². The number of carbonyl (C=O) groups excluding carboxylic acids is 2. The minimum atomic E-state index is -0.771. The smallest absolute Gasteiger partial charge is 0.341 e. The summed E-state index contributed by atoms with van der Waals surface area (Å²) in [6.45, 7) is 1.01. The second kappa shape index (κ2) is 9.95.